The van der Waals surface area contributed by atoms with Gasteiger partial charge in [-0.25, -0.2) is 0 Å². The summed E-state index contributed by atoms with van der Waals surface area (Å²) in [5.74, 6) is 1.05. The van der Waals surface area contributed by atoms with Crippen LogP contribution in [0.3, 0.4) is 0 Å². The van der Waals surface area contributed by atoms with Crippen molar-refractivity contribution in [2.24, 2.45) is 0 Å². The molecular weight excluding hydrogens is 479 g/mol. The maximum Gasteiger partial charge on any atom is 0.121 e. The minimum Gasteiger partial charge on any atom is -0.491 e. The summed E-state index contributed by atoms with van der Waals surface area (Å²) >= 11 is 12.0. The number of benzene rings is 3. The third kappa shape index (κ3) is 7.96. The van der Waals surface area contributed by atoms with Crippen LogP contribution in [0, 0.1) is 0 Å². The third-order valence-corrected chi connectivity index (χ3v) is 7.38. The van der Waals surface area contributed by atoms with E-state index in [0.29, 0.717) is 28.3 Å². The quantitative estimate of drug-likeness (QED) is 0.343. The number of hydrogen-bond acceptors (Lipinski definition) is 4. The first-order valence-electron chi connectivity index (χ1n) is 12.4. The molecule has 0 aliphatic carbocycles. The Morgan fingerprint density at radius 1 is 0.771 bits per heavy atom. The molecule has 1 atom stereocenters. The Morgan fingerprint density at radius 2 is 1.37 bits per heavy atom. The van der Waals surface area contributed by atoms with Crippen LogP contribution in [0.2, 0.25) is 10.0 Å². The molecule has 1 N–H and O–H groups in total. The van der Waals surface area contributed by atoms with Crippen LogP contribution in [0.1, 0.15) is 29.9 Å². The van der Waals surface area contributed by atoms with Crippen molar-refractivity contribution in [2.45, 2.75) is 24.9 Å². The molecule has 3 aromatic carbocycles. The van der Waals surface area contributed by atoms with Gasteiger partial charge in [0.2, 0.25) is 0 Å². The van der Waals surface area contributed by atoms with Crippen LogP contribution >= 0.6 is 23.2 Å². The molecule has 6 heteroatoms. The zero-order valence-corrected chi connectivity index (χ0v) is 21.5. The summed E-state index contributed by atoms with van der Waals surface area (Å²) in [6, 6.07) is 26.8. The van der Waals surface area contributed by atoms with Crippen molar-refractivity contribution in [3.05, 3.63) is 100 Å². The lowest BCUT2D eigenvalue weighted by atomic mass is 9.87. The lowest BCUT2D eigenvalue weighted by Gasteiger charge is -2.35. The van der Waals surface area contributed by atoms with Crippen LogP contribution < -0.4 is 4.74 Å². The van der Waals surface area contributed by atoms with Crippen molar-refractivity contribution in [1.82, 2.24) is 9.80 Å². The standard InChI is InChI=1S/C29H34Cl2N2O2/c30-28-14-13-26(20-29(28)31)35-22-25(34)21-33-18-16-32(17-19-33)15-7-12-27(23-8-3-1-4-9-23)24-10-5-2-6-11-24/h1-6,8-11,13-14,20,25,27,34H,7,12,15-19,21-22H2. The van der Waals surface area contributed by atoms with Gasteiger partial charge in [0, 0.05) is 44.7 Å². The highest BCUT2D eigenvalue weighted by Gasteiger charge is 2.20. The summed E-state index contributed by atoms with van der Waals surface area (Å²) in [5.41, 5.74) is 2.78. The lowest BCUT2D eigenvalue weighted by molar-refractivity contribution is 0.0458. The van der Waals surface area contributed by atoms with E-state index in [4.69, 9.17) is 27.9 Å². The molecule has 1 aliphatic heterocycles. The first-order chi connectivity index (χ1) is 17.1. The smallest absolute Gasteiger partial charge is 0.121 e. The number of halogens is 2. The number of rotatable bonds is 11. The molecule has 4 nitrogen and oxygen atoms in total. The van der Waals surface area contributed by atoms with E-state index in [-0.39, 0.29) is 6.61 Å². The van der Waals surface area contributed by atoms with Crippen LogP contribution in [0.4, 0.5) is 0 Å². The van der Waals surface area contributed by atoms with E-state index >= 15 is 0 Å². The molecule has 1 aliphatic rings. The van der Waals surface area contributed by atoms with Gasteiger partial charge < -0.3 is 14.7 Å². The van der Waals surface area contributed by atoms with E-state index in [1.807, 2.05) is 0 Å². The summed E-state index contributed by atoms with van der Waals surface area (Å²) in [4.78, 5) is 4.86. The normalized spacial score (nSPS) is 15.9. The second kappa shape index (κ2) is 13.3. The highest BCUT2D eigenvalue weighted by molar-refractivity contribution is 6.42. The zero-order chi connectivity index (χ0) is 24.5. The molecule has 0 bridgehead atoms. The summed E-state index contributed by atoms with van der Waals surface area (Å²) in [5, 5.41) is 11.4. The fourth-order valence-electron chi connectivity index (χ4n) is 4.72. The predicted octanol–water partition coefficient (Wildman–Crippen LogP) is 5.96. The number of nitrogens with zero attached hydrogens (tertiary/aromatic N) is 2. The molecule has 0 spiro atoms. The lowest BCUT2D eigenvalue weighted by Crippen LogP contribution is -2.49. The summed E-state index contributed by atoms with van der Waals surface area (Å²) in [6.07, 6.45) is 1.75. The Labute approximate surface area is 219 Å². The number of aliphatic hydroxyl groups is 1. The first-order valence-corrected chi connectivity index (χ1v) is 13.1. The topological polar surface area (TPSA) is 35.9 Å². The van der Waals surface area contributed by atoms with Crippen molar-refractivity contribution in [3.8, 4) is 5.75 Å². The van der Waals surface area contributed by atoms with Crippen molar-refractivity contribution in [2.75, 3.05) is 45.9 Å². The van der Waals surface area contributed by atoms with E-state index in [0.717, 1.165) is 45.6 Å². The van der Waals surface area contributed by atoms with Gasteiger partial charge in [0.05, 0.1) is 10.0 Å². The fraction of sp³-hybridized carbons (Fsp3) is 0.379. The van der Waals surface area contributed by atoms with Gasteiger partial charge in [-0.2, -0.15) is 0 Å². The van der Waals surface area contributed by atoms with Gasteiger partial charge in [-0.15, -0.1) is 0 Å². The second-order valence-electron chi connectivity index (χ2n) is 9.20. The Kier molecular flexibility index (Phi) is 9.87. The SMILES string of the molecule is OC(COc1ccc(Cl)c(Cl)c1)CN1CCN(CCCC(c2ccccc2)c2ccccc2)CC1. The molecule has 4 rings (SSSR count). The average Bonchev–Trinajstić information content (AvgIpc) is 2.89. The third-order valence-electron chi connectivity index (χ3n) is 6.64. The van der Waals surface area contributed by atoms with Gasteiger partial charge in [-0.05, 0) is 42.6 Å². The molecule has 0 amide bonds. The second-order valence-corrected chi connectivity index (χ2v) is 10.0. The molecule has 3 aromatic rings. The van der Waals surface area contributed by atoms with Crippen LogP contribution in [-0.4, -0.2) is 66.9 Å². The maximum atomic E-state index is 10.4. The van der Waals surface area contributed by atoms with E-state index in [9.17, 15) is 5.11 Å². The minimum atomic E-state index is -0.548. The predicted molar refractivity (Wildman–Crippen MR) is 145 cm³/mol. The highest BCUT2D eigenvalue weighted by Crippen LogP contribution is 2.29. The maximum absolute atomic E-state index is 10.4. The van der Waals surface area contributed by atoms with Gasteiger partial charge >= 0.3 is 0 Å². The first kappa shape index (κ1) is 26.0. The molecule has 186 valence electrons. The Balaban J connectivity index is 1.18. The van der Waals surface area contributed by atoms with Crippen molar-refractivity contribution in [3.63, 3.8) is 0 Å². The van der Waals surface area contributed by atoms with Crippen molar-refractivity contribution < 1.29 is 9.84 Å². The monoisotopic (exact) mass is 512 g/mol. The molecule has 0 saturated carbocycles. The van der Waals surface area contributed by atoms with Crippen molar-refractivity contribution >= 4 is 23.2 Å². The molecule has 1 heterocycles. The van der Waals surface area contributed by atoms with Crippen molar-refractivity contribution in [1.29, 1.82) is 0 Å². The van der Waals surface area contributed by atoms with E-state index in [1.165, 1.54) is 11.1 Å². The minimum absolute atomic E-state index is 0.235. The summed E-state index contributed by atoms with van der Waals surface area (Å²) in [6.45, 7) is 5.93. The zero-order valence-electron chi connectivity index (χ0n) is 20.0. The fourth-order valence-corrected chi connectivity index (χ4v) is 5.01. The van der Waals surface area contributed by atoms with Crippen LogP contribution in [0.15, 0.2) is 78.9 Å². The number of piperazine rings is 1. The molecule has 0 aromatic heterocycles. The summed E-state index contributed by atoms with van der Waals surface area (Å²) < 4.78 is 5.68. The van der Waals surface area contributed by atoms with Crippen LogP contribution in [-0.2, 0) is 0 Å². The van der Waals surface area contributed by atoms with Gasteiger partial charge in [0.15, 0.2) is 0 Å². The molecule has 1 unspecified atom stereocenters. The number of ether oxygens (including phenoxy) is 1. The van der Waals surface area contributed by atoms with E-state index in [1.54, 1.807) is 18.2 Å². The van der Waals surface area contributed by atoms with E-state index < -0.39 is 6.10 Å². The Morgan fingerprint density at radius 3 is 1.97 bits per heavy atom. The van der Waals surface area contributed by atoms with Gasteiger partial charge in [0.1, 0.15) is 18.5 Å². The Hall–Kier alpha value is -2.08. The molecule has 1 fully saturated rings. The molecular formula is C29H34Cl2N2O2. The van der Waals surface area contributed by atoms with Gasteiger partial charge in [-0.1, -0.05) is 83.9 Å². The molecule has 35 heavy (non-hydrogen) atoms. The van der Waals surface area contributed by atoms with Crippen LogP contribution in [0.5, 0.6) is 5.75 Å². The highest BCUT2D eigenvalue weighted by atomic mass is 35.5. The largest absolute Gasteiger partial charge is 0.491 e. The van der Waals surface area contributed by atoms with E-state index in [2.05, 4.69) is 70.5 Å². The molecule has 0 radical (unpaired) electrons. The number of hydrogen-bond donors (Lipinski definition) is 1. The van der Waals surface area contributed by atoms with Gasteiger partial charge in [-0.3, -0.25) is 4.90 Å². The number of aliphatic hydroxyl groups excluding tert-OH is 1. The number of β-amino-alcohol motifs (C(OH)–C–C–N with tert-alkyl or cyclic N) is 1. The Bertz CT molecular complexity index is 988. The van der Waals surface area contributed by atoms with Gasteiger partial charge in [0.25, 0.3) is 0 Å². The molecule has 1 saturated heterocycles. The average molecular weight is 514 g/mol. The summed E-state index contributed by atoms with van der Waals surface area (Å²) in [7, 11) is 0. The van der Waals surface area contributed by atoms with Crippen LogP contribution in [0.25, 0.3) is 0 Å².